The number of carbonyl (C=O) groups is 3. The number of carbonyl (C=O) groups excluding carboxylic acids is 3. The summed E-state index contributed by atoms with van der Waals surface area (Å²) >= 11 is 1.29. The molecule has 1 aliphatic rings. The highest BCUT2D eigenvalue weighted by Crippen LogP contribution is 2.23. The SMILES string of the molecule is O=CNc1ccc(CCCCc2nnc(NC(=O)C(OC(=O)CCN3CCOCC3)c3ccccc3)s2)nn1. The molecule has 4 rings (SSSR count). The van der Waals surface area contributed by atoms with Gasteiger partial charge in [-0.1, -0.05) is 41.7 Å². The van der Waals surface area contributed by atoms with Crippen molar-refractivity contribution in [1.82, 2.24) is 25.3 Å². The van der Waals surface area contributed by atoms with Crippen LogP contribution >= 0.6 is 11.3 Å². The summed E-state index contributed by atoms with van der Waals surface area (Å²) in [5.74, 6) is -0.507. The van der Waals surface area contributed by atoms with E-state index in [1.54, 1.807) is 30.3 Å². The van der Waals surface area contributed by atoms with Crippen molar-refractivity contribution in [3.63, 3.8) is 0 Å². The summed E-state index contributed by atoms with van der Waals surface area (Å²) in [4.78, 5) is 38.3. The summed E-state index contributed by atoms with van der Waals surface area (Å²) in [6, 6.07) is 12.5. The first kappa shape index (κ1) is 28.2. The van der Waals surface area contributed by atoms with Crippen molar-refractivity contribution in [3.05, 3.63) is 58.7 Å². The fraction of sp³-hybridized carbons (Fsp3) is 0.423. The normalized spacial score (nSPS) is 14.4. The number of benzene rings is 1. The molecule has 1 aliphatic heterocycles. The third-order valence-electron chi connectivity index (χ3n) is 6.02. The Morgan fingerprint density at radius 3 is 2.56 bits per heavy atom. The number of hydrogen-bond acceptors (Lipinski definition) is 11. The number of esters is 1. The van der Waals surface area contributed by atoms with E-state index in [9.17, 15) is 14.4 Å². The highest BCUT2D eigenvalue weighted by molar-refractivity contribution is 7.15. The quantitative estimate of drug-likeness (QED) is 0.173. The summed E-state index contributed by atoms with van der Waals surface area (Å²) < 4.78 is 11.0. The van der Waals surface area contributed by atoms with Crippen LogP contribution in [0.25, 0.3) is 0 Å². The minimum absolute atomic E-state index is 0.185. The Kier molecular flexibility index (Phi) is 10.8. The Morgan fingerprint density at radius 2 is 1.82 bits per heavy atom. The molecule has 1 saturated heterocycles. The molecule has 3 aromatic rings. The third-order valence-corrected chi connectivity index (χ3v) is 6.92. The second-order valence-corrected chi connectivity index (χ2v) is 9.92. The Labute approximate surface area is 230 Å². The van der Waals surface area contributed by atoms with Gasteiger partial charge < -0.3 is 14.8 Å². The first-order valence-corrected chi connectivity index (χ1v) is 13.6. The number of hydrogen-bond donors (Lipinski definition) is 2. The number of nitrogens with one attached hydrogen (secondary N) is 2. The van der Waals surface area contributed by atoms with Crippen LogP contribution in [0, 0.1) is 0 Å². The molecule has 12 nitrogen and oxygen atoms in total. The molecule has 2 aromatic heterocycles. The van der Waals surface area contributed by atoms with Gasteiger partial charge in [0, 0.05) is 31.6 Å². The number of amides is 2. The fourth-order valence-corrected chi connectivity index (χ4v) is 4.74. The molecule has 0 bridgehead atoms. The van der Waals surface area contributed by atoms with E-state index in [1.807, 2.05) is 12.1 Å². The van der Waals surface area contributed by atoms with Gasteiger partial charge in [0.05, 0.1) is 25.3 Å². The fourth-order valence-electron chi connectivity index (χ4n) is 3.95. The van der Waals surface area contributed by atoms with Crippen molar-refractivity contribution >= 4 is 40.6 Å². The number of ether oxygens (including phenoxy) is 2. The first-order chi connectivity index (χ1) is 19.1. The number of anilines is 2. The average Bonchev–Trinajstić information content (AvgIpc) is 3.42. The van der Waals surface area contributed by atoms with E-state index in [4.69, 9.17) is 9.47 Å². The second kappa shape index (κ2) is 15.0. The number of nitrogens with zero attached hydrogens (tertiary/aromatic N) is 5. The summed E-state index contributed by atoms with van der Waals surface area (Å²) in [5.41, 5.74) is 1.42. The van der Waals surface area contributed by atoms with Gasteiger partial charge in [-0.25, -0.2) is 0 Å². The predicted molar refractivity (Wildman–Crippen MR) is 144 cm³/mol. The molecular formula is C26H31N7O5S. The van der Waals surface area contributed by atoms with Gasteiger partial charge in [0.2, 0.25) is 17.6 Å². The molecule has 0 saturated carbocycles. The summed E-state index contributed by atoms with van der Waals surface area (Å²) in [6.07, 6.45) is 2.82. The maximum absolute atomic E-state index is 13.1. The zero-order valence-corrected chi connectivity index (χ0v) is 22.3. The third kappa shape index (κ3) is 9.16. The van der Waals surface area contributed by atoms with Crippen LogP contribution in [-0.2, 0) is 36.7 Å². The molecule has 39 heavy (non-hydrogen) atoms. The molecule has 1 aromatic carbocycles. The molecule has 1 fully saturated rings. The van der Waals surface area contributed by atoms with Gasteiger partial charge in [0.1, 0.15) is 5.01 Å². The van der Waals surface area contributed by atoms with Crippen LogP contribution in [0.1, 0.15) is 41.6 Å². The summed E-state index contributed by atoms with van der Waals surface area (Å²) in [6.45, 7) is 3.41. The molecule has 1 atom stereocenters. The molecular weight excluding hydrogens is 522 g/mol. The van der Waals surface area contributed by atoms with E-state index in [0.29, 0.717) is 49.1 Å². The molecule has 3 heterocycles. The average molecular weight is 554 g/mol. The van der Waals surface area contributed by atoms with Crippen molar-refractivity contribution in [1.29, 1.82) is 0 Å². The minimum Gasteiger partial charge on any atom is -0.447 e. The van der Waals surface area contributed by atoms with Crippen molar-refractivity contribution in [2.75, 3.05) is 43.5 Å². The molecule has 2 N–H and O–H groups in total. The van der Waals surface area contributed by atoms with Gasteiger partial charge in [-0.2, -0.15) is 5.10 Å². The van der Waals surface area contributed by atoms with Crippen LogP contribution in [0.15, 0.2) is 42.5 Å². The van der Waals surface area contributed by atoms with Gasteiger partial charge in [0.15, 0.2) is 5.82 Å². The summed E-state index contributed by atoms with van der Waals surface area (Å²) in [5, 5.41) is 22.6. The van der Waals surface area contributed by atoms with Gasteiger partial charge >= 0.3 is 5.97 Å². The van der Waals surface area contributed by atoms with Gasteiger partial charge in [-0.15, -0.1) is 15.3 Å². The van der Waals surface area contributed by atoms with Crippen molar-refractivity contribution in [3.8, 4) is 0 Å². The minimum atomic E-state index is -1.09. The first-order valence-electron chi connectivity index (χ1n) is 12.8. The van der Waals surface area contributed by atoms with Crippen molar-refractivity contribution in [2.45, 2.75) is 38.2 Å². The van der Waals surface area contributed by atoms with Crippen LogP contribution in [-0.4, -0.2) is 76.4 Å². The maximum atomic E-state index is 13.1. The standard InChI is InChI=1S/C26H31N7O5S/c34-18-27-21-11-10-20(29-30-21)8-4-5-9-22-31-32-26(39-22)28-25(36)24(19-6-2-1-3-7-19)38-23(35)12-13-33-14-16-37-17-15-33/h1-3,6-7,10-11,18,24H,4-5,8-9,12-17H2,(H,27,30,34)(H,28,32,36). The lowest BCUT2D eigenvalue weighted by molar-refractivity contribution is -0.155. The monoisotopic (exact) mass is 553 g/mol. The number of unbranched alkanes of at least 4 members (excludes halogenated alkanes) is 1. The van der Waals surface area contributed by atoms with Gasteiger partial charge in [0.25, 0.3) is 5.91 Å². The second-order valence-electron chi connectivity index (χ2n) is 8.85. The smallest absolute Gasteiger partial charge is 0.308 e. The number of morpholine rings is 1. The molecule has 0 spiro atoms. The molecule has 2 amide bonds. The maximum Gasteiger partial charge on any atom is 0.308 e. The van der Waals surface area contributed by atoms with E-state index in [2.05, 4.69) is 35.9 Å². The van der Waals surface area contributed by atoms with E-state index in [1.165, 1.54) is 11.3 Å². The van der Waals surface area contributed by atoms with Gasteiger partial charge in [-0.3, -0.25) is 24.6 Å². The molecule has 13 heteroatoms. The molecule has 0 radical (unpaired) electrons. The van der Waals surface area contributed by atoms with E-state index in [0.717, 1.165) is 43.1 Å². The molecule has 0 aliphatic carbocycles. The van der Waals surface area contributed by atoms with Gasteiger partial charge in [-0.05, 0) is 31.4 Å². The van der Waals surface area contributed by atoms with E-state index >= 15 is 0 Å². The lowest BCUT2D eigenvalue weighted by Crippen LogP contribution is -2.38. The predicted octanol–water partition coefficient (Wildman–Crippen LogP) is 2.41. The van der Waals surface area contributed by atoms with E-state index in [-0.39, 0.29) is 6.42 Å². The molecule has 206 valence electrons. The number of aromatic nitrogens is 4. The van der Waals surface area contributed by atoms with Crippen LogP contribution in [0.4, 0.5) is 10.9 Å². The van der Waals surface area contributed by atoms with Crippen molar-refractivity contribution < 1.29 is 23.9 Å². The lowest BCUT2D eigenvalue weighted by atomic mass is 10.1. The van der Waals surface area contributed by atoms with Crippen LogP contribution in [0.2, 0.25) is 0 Å². The Hall–Kier alpha value is -3.81. The lowest BCUT2D eigenvalue weighted by Gasteiger charge is -2.26. The van der Waals surface area contributed by atoms with E-state index < -0.39 is 18.0 Å². The largest absolute Gasteiger partial charge is 0.447 e. The molecule has 1 unspecified atom stereocenters. The Balaban J connectivity index is 1.26. The van der Waals surface area contributed by atoms with Crippen molar-refractivity contribution in [2.24, 2.45) is 0 Å². The topological polar surface area (TPSA) is 149 Å². The number of rotatable bonds is 14. The Bertz CT molecular complexity index is 1200. The zero-order valence-electron chi connectivity index (χ0n) is 21.5. The summed E-state index contributed by atoms with van der Waals surface area (Å²) in [7, 11) is 0. The van der Waals surface area contributed by atoms with Crippen LogP contribution in [0.5, 0.6) is 0 Å². The highest BCUT2D eigenvalue weighted by atomic mass is 32.1. The Morgan fingerprint density at radius 1 is 1.03 bits per heavy atom. The zero-order chi connectivity index (χ0) is 27.3. The highest BCUT2D eigenvalue weighted by Gasteiger charge is 2.26. The van der Waals surface area contributed by atoms with Crippen LogP contribution < -0.4 is 10.6 Å². The number of aryl methyl sites for hydroxylation is 2. The van der Waals surface area contributed by atoms with Crippen LogP contribution in [0.3, 0.4) is 0 Å².